The molecule has 0 amide bonds. The zero-order valence-corrected chi connectivity index (χ0v) is 17.2. The van der Waals surface area contributed by atoms with Crippen molar-refractivity contribution in [3.63, 3.8) is 0 Å². The summed E-state index contributed by atoms with van der Waals surface area (Å²) in [6.45, 7) is 0. The van der Waals surface area contributed by atoms with Crippen molar-refractivity contribution in [2.24, 2.45) is 0 Å². The summed E-state index contributed by atoms with van der Waals surface area (Å²) in [5.74, 6) is 0. The Morgan fingerprint density at radius 3 is 2.43 bits per heavy atom. The van der Waals surface area contributed by atoms with Gasteiger partial charge in [0.2, 0.25) is 10.0 Å². The van der Waals surface area contributed by atoms with Crippen LogP contribution >= 0.6 is 23.2 Å². The van der Waals surface area contributed by atoms with Crippen molar-refractivity contribution < 1.29 is 8.42 Å². The molecule has 1 aromatic heterocycles. The van der Waals surface area contributed by atoms with E-state index in [-0.39, 0.29) is 4.90 Å². The molecule has 0 radical (unpaired) electrons. The summed E-state index contributed by atoms with van der Waals surface area (Å²) in [5, 5.41) is 8.76. The number of nitrogens with one attached hydrogen (secondary N) is 1. The smallest absolute Gasteiger partial charge is 0.221 e. The van der Waals surface area contributed by atoms with Crippen LogP contribution in [0.15, 0.2) is 59.8 Å². The van der Waals surface area contributed by atoms with Gasteiger partial charge in [-0.3, -0.25) is 0 Å². The number of hydrogen-bond acceptors (Lipinski definition) is 4. The lowest BCUT2D eigenvalue weighted by atomic mass is 9.74. The van der Waals surface area contributed by atoms with Crippen molar-refractivity contribution in [3.05, 3.63) is 70.5 Å². The quantitative estimate of drug-likeness (QED) is 0.632. The van der Waals surface area contributed by atoms with Crippen LogP contribution in [0.2, 0.25) is 10.0 Å². The van der Waals surface area contributed by atoms with Crippen molar-refractivity contribution in [2.45, 2.75) is 36.1 Å². The molecule has 0 atom stereocenters. The summed E-state index contributed by atoms with van der Waals surface area (Å²) >= 11 is 12.3. The Morgan fingerprint density at radius 1 is 1.11 bits per heavy atom. The second kappa shape index (κ2) is 7.48. The first kappa shape index (κ1) is 19.4. The molecule has 9 heteroatoms. The lowest BCUT2D eigenvalue weighted by Crippen LogP contribution is -2.54. The lowest BCUT2D eigenvalue weighted by Gasteiger charge is -2.42. The van der Waals surface area contributed by atoms with Gasteiger partial charge in [0.25, 0.3) is 0 Å². The minimum absolute atomic E-state index is 0.213. The van der Waals surface area contributed by atoms with E-state index in [1.165, 1.54) is 0 Å². The van der Waals surface area contributed by atoms with Crippen LogP contribution in [0.5, 0.6) is 0 Å². The third-order valence-electron chi connectivity index (χ3n) is 5.04. The second-order valence-corrected chi connectivity index (χ2v) is 9.52. The monoisotopic (exact) mass is 436 g/mol. The SMILES string of the molecule is O=S(=O)(NC1(Cc2ccc(Cl)cc2Cl)CCC1)c1ccc(-n2ccnn2)cc1. The standard InChI is InChI=1S/C19H18Cl2N4O2S/c20-15-3-2-14(18(21)12-15)13-19(8-1-9-19)23-28(26,27)17-6-4-16(5-7-17)25-11-10-22-24-25/h2-7,10-12,23H,1,8-9,13H2. The first-order valence-corrected chi connectivity index (χ1v) is 11.1. The number of halogens is 2. The number of nitrogens with zero attached hydrogens (tertiary/aromatic N) is 3. The van der Waals surface area contributed by atoms with Gasteiger partial charge in [0.05, 0.1) is 23.0 Å². The van der Waals surface area contributed by atoms with E-state index in [1.807, 2.05) is 6.07 Å². The third-order valence-corrected chi connectivity index (χ3v) is 7.22. The number of hydrogen-bond donors (Lipinski definition) is 1. The maximum atomic E-state index is 13.0. The van der Waals surface area contributed by atoms with E-state index >= 15 is 0 Å². The molecule has 1 aliphatic rings. The molecule has 0 saturated heterocycles. The zero-order valence-electron chi connectivity index (χ0n) is 14.8. The molecule has 3 aromatic rings. The molecule has 1 N–H and O–H groups in total. The maximum Gasteiger partial charge on any atom is 0.241 e. The molecule has 1 saturated carbocycles. The minimum Gasteiger partial charge on any atom is -0.221 e. The summed E-state index contributed by atoms with van der Waals surface area (Å²) in [4.78, 5) is 0.213. The van der Waals surface area contributed by atoms with Crippen molar-refractivity contribution in [2.75, 3.05) is 0 Å². The molecule has 1 aliphatic carbocycles. The van der Waals surface area contributed by atoms with Crippen LogP contribution in [0.25, 0.3) is 5.69 Å². The van der Waals surface area contributed by atoms with E-state index in [4.69, 9.17) is 23.2 Å². The first-order valence-electron chi connectivity index (χ1n) is 8.82. The Labute approximate surface area is 173 Å². The third kappa shape index (κ3) is 3.93. The van der Waals surface area contributed by atoms with Crippen LogP contribution in [0, 0.1) is 0 Å². The van der Waals surface area contributed by atoms with E-state index in [0.29, 0.717) is 16.5 Å². The molecule has 6 nitrogen and oxygen atoms in total. The summed E-state index contributed by atoms with van der Waals surface area (Å²) < 4.78 is 30.4. The van der Waals surface area contributed by atoms with Gasteiger partial charge in [-0.05, 0) is 67.6 Å². The summed E-state index contributed by atoms with van der Waals surface area (Å²) in [6.07, 6.45) is 6.29. The van der Waals surface area contributed by atoms with Gasteiger partial charge in [-0.1, -0.05) is 34.5 Å². The van der Waals surface area contributed by atoms with Crippen LogP contribution < -0.4 is 4.72 Å². The molecular formula is C19H18Cl2N4O2S. The Kier molecular flexibility index (Phi) is 5.18. The number of aromatic nitrogens is 3. The fraction of sp³-hybridized carbons (Fsp3) is 0.263. The molecule has 0 aliphatic heterocycles. The molecular weight excluding hydrogens is 419 g/mol. The highest BCUT2D eigenvalue weighted by Gasteiger charge is 2.41. The van der Waals surface area contributed by atoms with Crippen LogP contribution in [0.3, 0.4) is 0 Å². The average molecular weight is 437 g/mol. The predicted molar refractivity (Wildman–Crippen MR) is 108 cm³/mol. The van der Waals surface area contributed by atoms with Crippen molar-refractivity contribution >= 4 is 33.2 Å². The number of benzene rings is 2. The molecule has 0 bridgehead atoms. The van der Waals surface area contributed by atoms with Crippen LogP contribution in [0.1, 0.15) is 24.8 Å². The van der Waals surface area contributed by atoms with Gasteiger partial charge in [-0.2, -0.15) is 0 Å². The normalized spacial score (nSPS) is 15.9. The number of rotatable bonds is 6. The molecule has 0 unspecified atom stereocenters. The Morgan fingerprint density at radius 2 is 1.86 bits per heavy atom. The zero-order chi connectivity index (χ0) is 19.8. The summed E-state index contributed by atoms with van der Waals surface area (Å²) in [7, 11) is -3.67. The van der Waals surface area contributed by atoms with E-state index in [2.05, 4.69) is 15.0 Å². The Balaban J connectivity index is 1.55. The van der Waals surface area contributed by atoms with Crippen molar-refractivity contribution in [3.8, 4) is 5.69 Å². The molecule has 28 heavy (non-hydrogen) atoms. The fourth-order valence-electron chi connectivity index (χ4n) is 3.42. The topological polar surface area (TPSA) is 76.9 Å². The van der Waals surface area contributed by atoms with E-state index < -0.39 is 15.6 Å². The average Bonchev–Trinajstić information content (AvgIpc) is 3.17. The van der Waals surface area contributed by atoms with Gasteiger partial charge < -0.3 is 0 Å². The summed E-state index contributed by atoms with van der Waals surface area (Å²) in [5.41, 5.74) is 1.10. The highest BCUT2D eigenvalue weighted by Crippen LogP contribution is 2.38. The molecule has 146 valence electrons. The van der Waals surface area contributed by atoms with Crippen molar-refractivity contribution in [1.29, 1.82) is 0 Å². The van der Waals surface area contributed by atoms with Gasteiger partial charge in [0.15, 0.2) is 0 Å². The van der Waals surface area contributed by atoms with Gasteiger partial charge in [-0.25, -0.2) is 17.8 Å². The maximum absolute atomic E-state index is 13.0. The minimum atomic E-state index is -3.67. The van der Waals surface area contributed by atoms with Gasteiger partial charge in [0, 0.05) is 15.6 Å². The second-order valence-electron chi connectivity index (χ2n) is 6.99. The van der Waals surface area contributed by atoms with Crippen LogP contribution in [-0.2, 0) is 16.4 Å². The van der Waals surface area contributed by atoms with E-state index in [1.54, 1.807) is 53.5 Å². The van der Waals surface area contributed by atoms with Crippen LogP contribution in [0.4, 0.5) is 0 Å². The van der Waals surface area contributed by atoms with Gasteiger partial charge in [0.1, 0.15) is 0 Å². The largest absolute Gasteiger partial charge is 0.241 e. The van der Waals surface area contributed by atoms with Crippen molar-refractivity contribution in [1.82, 2.24) is 19.7 Å². The first-order chi connectivity index (χ1) is 13.4. The number of sulfonamides is 1. The molecule has 4 rings (SSSR count). The molecule has 1 heterocycles. The Hall–Kier alpha value is -1.93. The van der Waals surface area contributed by atoms with E-state index in [9.17, 15) is 8.42 Å². The van der Waals surface area contributed by atoms with E-state index in [0.717, 1.165) is 30.5 Å². The predicted octanol–water partition coefficient (Wildman–Crippen LogP) is 4.02. The lowest BCUT2D eigenvalue weighted by molar-refractivity contribution is 0.220. The van der Waals surface area contributed by atoms with Gasteiger partial charge >= 0.3 is 0 Å². The molecule has 0 spiro atoms. The highest BCUT2D eigenvalue weighted by molar-refractivity contribution is 7.89. The Bertz CT molecular complexity index is 1080. The molecule has 2 aromatic carbocycles. The molecule has 1 fully saturated rings. The fourth-order valence-corrected chi connectivity index (χ4v) is 5.35. The highest BCUT2D eigenvalue weighted by atomic mass is 35.5. The summed E-state index contributed by atoms with van der Waals surface area (Å²) in [6, 6.07) is 11.8. The van der Waals surface area contributed by atoms with Gasteiger partial charge in [-0.15, -0.1) is 5.10 Å². The van der Waals surface area contributed by atoms with Crippen LogP contribution in [-0.4, -0.2) is 29.0 Å².